The van der Waals surface area contributed by atoms with Crippen molar-refractivity contribution in [3.8, 4) is 11.8 Å². The molecule has 2 aromatic rings. The maximum absolute atomic E-state index is 8.50. The zero-order chi connectivity index (χ0) is 17.4. The number of nitrogens with zero attached hydrogens (tertiary/aromatic N) is 2. The lowest BCUT2D eigenvalue weighted by molar-refractivity contribution is 0.368. The van der Waals surface area contributed by atoms with Gasteiger partial charge in [0.1, 0.15) is 17.7 Å². The van der Waals surface area contributed by atoms with Crippen molar-refractivity contribution in [2.75, 3.05) is 11.9 Å². The predicted octanol–water partition coefficient (Wildman–Crippen LogP) is 5.13. The van der Waals surface area contributed by atoms with Crippen molar-refractivity contribution >= 4 is 28.8 Å². The number of rotatable bonds is 5. The molecule has 0 spiro atoms. The van der Waals surface area contributed by atoms with Crippen LogP contribution in [0, 0.1) is 11.3 Å². The largest absolute Gasteiger partial charge is 0.479 e. The topological polar surface area (TPSA) is 57.4 Å². The highest BCUT2D eigenvalue weighted by Gasteiger charge is 2.05. The van der Waals surface area contributed by atoms with Crippen molar-refractivity contribution in [3.05, 3.63) is 65.2 Å². The Hall–Kier alpha value is -2.77. The summed E-state index contributed by atoms with van der Waals surface area (Å²) < 4.78 is 5.23. The SMILES string of the molecule is C/C=C(\N=C(C)Nc1ccc(OCC#N)cc1)c1ccccc1Cl. The Morgan fingerprint density at radius 1 is 1.25 bits per heavy atom. The third-order valence-electron chi connectivity index (χ3n) is 3.19. The van der Waals surface area contributed by atoms with Gasteiger partial charge in [0, 0.05) is 16.3 Å². The molecule has 0 amide bonds. The molecule has 0 bridgehead atoms. The van der Waals surface area contributed by atoms with Gasteiger partial charge in [0.25, 0.3) is 0 Å². The van der Waals surface area contributed by atoms with Gasteiger partial charge in [0.05, 0.1) is 5.70 Å². The van der Waals surface area contributed by atoms with Crippen LogP contribution in [-0.2, 0) is 0 Å². The minimum atomic E-state index is 0.0375. The van der Waals surface area contributed by atoms with Gasteiger partial charge in [-0.25, -0.2) is 4.99 Å². The molecule has 24 heavy (non-hydrogen) atoms. The van der Waals surface area contributed by atoms with Gasteiger partial charge in [-0.3, -0.25) is 0 Å². The van der Waals surface area contributed by atoms with Crippen LogP contribution < -0.4 is 10.1 Å². The second-order valence-corrected chi connectivity index (χ2v) is 5.35. The second kappa shape index (κ2) is 8.76. The number of aliphatic imine (C=N–C) groups is 1. The van der Waals surface area contributed by atoms with E-state index in [1.807, 2.05) is 62.4 Å². The van der Waals surface area contributed by atoms with E-state index in [4.69, 9.17) is 21.6 Å². The summed E-state index contributed by atoms with van der Waals surface area (Å²) in [6, 6.07) is 16.9. The summed E-state index contributed by atoms with van der Waals surface area (Å²) in [5.41, 5.74) is 2.58. The highest BCUT2D eigenvalue weighted by molar-refractivity contribution is 6.32. The first-order chi connectivity index (χ1) is 11.6. The number of ether oxygens (including phenoxy) is 1. The Bertz CT molecular complexity index is 789. The molecule has 0 saturated heterocycles. The van der Waals surface area contributed by atoms with Crippen molar-refractivity contribution in [3.63, 3.8) is 0 Å². The van der Waals surface area contributed by atoms with Crippen LogP contribution in [0.4, 0.5) is 5.69 Å². The maximum Gasteiger partial charge on any atom is 0.174 e. The summed E-state index contributed by atoms with van der Waals surface area (Å²) in [4.78, 5) is 4.60. The molecule has 0 aliphatic heterocycles. The zero-order valence-electron chi connectivity index (χ0n) is 13.6. The second-order valence-electron chi connectivity index (χ2n) is 4.95. The normalized spacial score (nSPS) is 11.8. The number of hydrogen-bond donors (Lipinski definition) is 1. The number of nitriles is 1. The lowest BCUT2D eigenvalue weighted by Crippen LogP contribution is -2.07. The fourth-order valence-electron chi connectivity index (χ4n) is 2.12. The number of amidine groups is 1. The third-order valence-corrected chi connectivity index (χ3v) is 3.52. The standard InChI is InChI=1S/C19H18ClN3O/c1-3-19(17-6-4-5-7-18(17)20)23-14(2)22-15-8-10-16(11-9-15)24-13-12-21/h3-11H,13H2,1-2H3,(H,22,23)/b19-3-. The molecule has 0 heterocycles. The molecule has 0 atom stereocenters. The van der Waals surface area contributed by atoms with Gasteiger partial charge in [0.15, 0.2) is 6.61 Å². The van der Waals surface area contributed by atoms with E-state index in [-0.39, 0.29) is 6.61 Å². The Balaban J connectivity index is 2.10. The highest BCUT2D eigenvalue weighted by atomic mass is 35.5. The molecule has 1 N–H and O–H groups in total. The number of allylic oxidation sites excluding steroid dienone is 1. The van der Waals surface area contributed by atoms with Crippen molar-refractivity contribution < 1.29 is 4.74 Å². The number of hydrogen-bond acceptors (Lipinski definition) is 3. The number of benzene rings is 2. The van der Waals surface area contributed by atoms with E-state index in [9.17, 15) is 0 Å². The Labute approximate surface area is 147 Å². The van der Waals surface area contributed by atoms with E-state index in [1.165, 1.54) is 0 Å². The van der Waals surface area contributed by atoms with Crippen molar-refractivity contribution in [2.45, 2.75) is 13.8 Å². The van der Waals surface area contributed by atoms with Crippen LogP contribution in [0.25, 0.3) is 5.70 Å². The molecule has 0 fully saturated rings. The lowest BCUT2D eigenvalue weighted by Gasteiger charge is -2.09. The van der Waals surface area contributed by atoms with Gasteiger partial charge < -0.3 is 10.1 Å². The lowest BCUT2D eigenvalue weighted by atomic mass is 10.1. The van der Waals surface area contributed by atoms with E-state index < -0.39 is 0 Å². The van der Waals surface area contributed by atoms with E-state index in [0.717, 1.165) is 22.8 Å². The minimum absolute atomic E-state index is 0.0375. The summed E-state index contributed by atoms with van der Waals surface area (Å²) in [7, 11) is 0. The van der Waals surface area contributed by atoms with Crippen LogP contribution in [0.3, 0.4) is 0 Å². The smallest absolute Gasteiger partial charge is 0.174 e. The van der Waals surface area contributed by atoms with Crippen molar-refractivity contribution in [1.29, 1.82) is 5.26 Å². The molecule has 0 aromatic heterocycles. The third kappa shape index (κ3) is 4.87. The van der Waals surface area contributed by atoms with E-state index in [2.05, 4.69) is 10.3 Å². The van der Waals surface area contributed by atoms with Crippen molar-refractivity contribution in [2.24, 2.45) is 4.99 Å². The summed E-state index contributed by atoms with van der Waals surface area (Å²) in [5, 5.41) is 12.4. The van der Waals surface area contributed by atoms with Gasteiger partial charge in [-0.2, -0.15) is 5.26 Å². The van der Waals surface area contributed by atoms with Crippen LogP contribution in [-0.4, -0.2) is 12.4 Å². The quantitative estimate of drug-likeness (QED) is 0.606. The van der Waals surface area contributed by atoms with Crippen LogP contribution >= 0.6 is 11.6 Å². The Morgan fingerprint density at radius 2 is 1.96 bits per heavy atom. The first kappa shape index (κ1) is 17.6. The Kier molecular flexibility index (Phi) is 6.41. The van der Waals surface area contributed by atoms with Gasteiger partial charge in [-0.15, -0.1) is 0 Å². The van der Waals surface area contributed by atoms with Gasteiger partial charge in [-0.05, 0) is 44.2 Å². The van der Waals surface area contributed by atoms with Crippen LogP contribution in [0.5, 0.6) is 5.75 Å². The van der Waals surface area contributed by atoms with E-state index >= 15 is 0 Å². The molecule has 2 aromatic carbocycles. The molecule has 0 unspecified atom stereocenters. The minimum Gasteiger partial charge on any atom is -0.479 e. The summed E-state index contributed by atoms with van der Waals surface area (Å²) in [6.45, 7) is 3.85. The van der Waals surface area contributed by atoms with Gasteiger partial charge in [-0.1, -0.05) is 35.9 Å². The molecule has 0 saturated carbocycles. The van der Waals surface area contributed by atoms with Crippen LogP contribution in [0.2, 0.25) is 5.02 Å². The summed E-state index contributed by atoms with van der Waals surface area (Å²) >= 11 is 6.23. The fraction of sp³-hybridized carbons (Fsp3) is 0.158. The van der Waals surface area contributed by atoms with Gasteiger partial charge >= 0.3 is 0 Å². The Morgan fingerprint density at radius 3 is 2.58 bits per heavy atom. The van der Waals surface area contributed by atoms with E-state index in [0.29, 0.717) is 10.8 Å². The molecule has 0 aliphatic carbocycles. The summed E-state index contributed by atoms with van der Waals surface area (Å²) in [6.07, 6.45) is 1.92. The van der Waals surface area contributed by atoms with Crippen molar-refractivity contribution in [1.82, 2.24) is 0 Å². The average molecular weight is 340 g/mol. The van der Waals surface area contributed by atoms with Gasteiger partial charge in [0.2, 0.25) is 0 Å². The monoisotopic (exact) mass is 339 g/mol. The molecular formula is C19H18ClN3O. The number of nitrogens with one attached hydrogen (secondary N) is 1. The highest BCUT2D eigenvalue weighted by Crippen LogP contribution is 2.25. The first-order valence-electron chi connectivity index (χ1n) is 7.47. The fourth-order valence-corrected chi connectivity index (χ4v) is 2.35. The molecule has 5 heteroatoms. The first-order valence-corrected chi connectivity index (χ1v) is 7.85. The van der Waals surface area contributed by atoms with Crippen LogP contribution in [0.15, 0.2) is 59.6 Å². The zero-order valence-corrected chi connectivity index (χ0v) is 14.3. The molecule has 122 valence electrons. The molecule has 2 rings (SSSR count). The molecule has 0 aliphatic rings. The van der Waals surface area contributed by atoms with Crippen LogP contribution in [0.1, 0.15) is 19.4 Å². The average Bonchev–Trinajstić information content (AvgIpc) is 2.60. The maximum atomic E-state index is 8.50. The molecular weight excluding hydrogens is 322 g/mol. The molecule has 4 nitrogen and oxygen atoms in total. The number of halogens is 1. The molecule has 0 radical (unpaired) electrons. The summed E-state index contributed by atoms with van der Waals surface area (Å²) in [5.74, 6) is 1.40. The number of anilines is 1. The predicted molar refractivity (Wildman–Crippen MR) is 99.4 cm³/mol. The van der Waals surface area contributed by atoms with E-state index in [1.54, 1.807) is 12.1 Å².